The first-order chi connectivity index (χ1) is 6.50. The highest BCUT2D eigenvalue weighted by Gasteiger charge is 2.03. The van der Waals surface area contributed by atoms with Crippen LogP contribution in [0.3, 0.4) is 0 Å². The van der Waals surface area contributed by atoms with Gasteiger partial charge < -0.3 is 5.11 Å². The molecule has 1 N–H and O–H groups in total. The van der Waals surface area contributed by atoms with Crippen LogP contribution in [0.1, 0.15) is 19.4 Å². The van der Waals surface area contributed by atoms with Gasteiger partial charge in [0, 0.05) is 10.6 Å². The van der Waals surface area contributed by atoms with Crippen molar-refractivity contribution in [1.82, 2.24) is 0 Å². The number of rotatable bonds is 2. The minimum Gasteiger partial charge on any atom is -0.389 e. The van der Waals surface area contributed by atoms with Gasteiger partial charge in [0.2, 0.25) is 0 Å². The second-order valence-electron chi connectivity index (χ2n) is 3.23. The Balaban J connectivity index is 3.03. The average Bonchev–Trinajstić information content (AvgIpc) is 2.09. The summed E-state index contributed by atoms with van der Waals surface area (Å²) in [6.07, 6.45) is 1.04. The first kappa shape index (κ1) is 11.2. The van der Waals surface area contributed by atoms with E-state index in [4.69, 9.17) is 11.6 Å². The molecule has 1 unspecified atom stereocenters. The van der Waals surface area contributed by atoms with E-state index in [2.05, 4.69) is 0 Å². The van der Waals surface area contributed by atoms with Crippen LogP contribution >= 0.6 is 11.6 Å². The average molecular weight is 215 g/mol. The molecule has 0 bridgehead atoms. The van der Waals surface area contributed by atoms with Crippen LogP contribution in [-0.4, -0.2) is 11.2 Å². The highest BCUT2D eigenvalue weighted by atomic mass is 35.5. The zero-order valence-electron chi connectivity index (χ0n) is 8.09. The van der Waals surface area contributed by atoms with Crippen molar-refractivity contribution in [3.05, 3.63) is 40.2 Å². The lowest BCUT2D eigenvalue weighted by atomic mass is 10.1. The number of aliphatic hydroxyl groups is 1. The normalized spacial score (nSPS) is 14.2. The SMILES string of the molecule is C/C(=C\c1ccc(Cl)cc1F)C(C)O. The van der Waals surface area contributed by atoms with Gasteiger partial charge in [-0.25, -0.2) is 4.39 Å². The number of halogens is 2. The van der Waals surface area contributed by atoms with Gasteiger partial charge in [-0.2, -0.15) is 0 Å². The molecular weight excluding hydrogens is 203 g/mol. The van der Waals surface area contributed by atoms with Crippen LogP contribution in [0, 0.1) is 5.82 Å². The Bertz CT molecular complexity index is 358. The van der Waals surface area contributed by atoms with E-state index in [1.807, 2.05) is 0 Å². The summed E-state index contributed by atoms with van der Waals surface area (Å²) in [5.41, 5.74) is 1.15. The predicted molar refractivity (Wildman–Crippen MR) is 56.7 cm³/mol. The summed E-state index contributed by atoms with van der Waals surface area (Å²) < 4.78 is 13.3. The maximum Gasteiger partial charge on any atom is 0.131 e. The second kappa shape index (κ2) is 4.58. The first-order valence-electron chi connectivity index (χ1n) is 4.32. The lowest BCUT2D eigenvalue weighted by Gasteiger charge is -2.04. The fraction of sp³-hybridized carbons (Fsp3) is 0.273. The lowest BCUT2D eigenvalue weighted by molar-refractivity contribution is 0.232. The van der Waals surface area contributed by atoms with Crippen LogP contribution < -0.4 is 0 Å². The Morgan fingerprint density at radius 3 is 2.71 bits per heavy atom. The van der Waals surface area contributed by atoms with Gasteiger partial charge in [-0.05, 0) is 31.6 Å². The quantitative estimate of drug-likeness (QED) is 0.801. The monoisotopic (exact) mass is 214 g/mol. The fourth-order valence-corrected chi connectivity index (χ4v) is 1.14. The Kier molecular flexibility index (Phi) is 3.67. The van der Waals surface area contributed by atoms with Gasteiger partial charge in [-0.3, -0.25) is 0 Å². The summed E-state index contributed by atoms with van der Waals surface area (Å²) in [5, 5.41) is 9.58. The highest BCUT2D eigenvalue weighted by Crippen LogP contribution is 2.17. The van der Waals surface area contributed by atoms with Crippen molar-refractivity contribution < 1.29 is 9.50 Å². The van der Waals surface area contributed by atoms with E-state index in [1.54, 1.807) is 32.1 Å². The van der Waals surface area contributed by atoms with Gasteiger partial charge in [0.15, 0.2) is 0 Å². The van der Waals surface area contributed by atoms with Crippen LogP contribution in [0.5, 0.6) is 0 Å². The molecule has 3 heteroatoms. The van der Waals surface area contributed by atoms with Crippen molar-refractivity contribution in [2.24, 2.45) is 0 Å². The summed E-state index contributed by atoms with van der Waals surface area (Å²) in [4.78, 5) is 0. The van der Waals surface area contributed by atoms with E-state index in [-0.39, 0.29) is 5.82 Å². The second-order valence-corrected chi connectivity index (χ2v) is 3.67. The molecule has 0 radical (unpaired) electrons. The van der Waals surface area contributed by atoms with Crippen LogP contribution in [0.2, 0.25) is 5.02 Å². The van der Waals surface area contributed by atoms with E-state index in [1.165, 1.54) is 6.07 Å². The zero-order chi connectivity index (χ0) is 10.7. The Morgan fingerprint density at radius 1 is 1.57 bits per heavy atom. The summed E-state index contributed by atoms with van der Waals surface area (Å²) >= 11 is 5.61. The molecule has 0 aliphatic rings. The van der Waals surface area contributed by atoms with Crippen molar-refractivity contribution >= 4 is 17.7 Å². The van der Waals surface area contributed by atoms with Crippen molar-refractivity contribution in [3.8, 4) is 0 Å². The summed E-state index contributed by atoms with van der Waals surface area (Å²) in [6, 6.07) is 4.46. The summed E-state index contributed by atoms with van der Waals surface area (Å²) in [6.45, 7) is 3.39. The Hall–Kier alpha value is -0.860. The number of benzene rings is 1. The molecule has 0 amide bonds. The maximum atomic E-state index is 13.3. The largest absolute Gasteiger partial charge is 0.389 e. The summed E-state index contributed by atoms with van der Waals surface area (Å²) in [7, 11) is 0. The minimum absolute atomic E-state index is 0.370. The third-order valence-electron chi connectivity index (χ3n) is 2.00. The molecule has 76 valence electrons. The first-order valence-corrected chi connectivity index (χ1v) is 4.70. The molecule has 0 fully saturated rings. The van der Waals surface area contributed by atoms with E-state index in [0.29, 0.717) is 16.2 Å². The van der Waals surface area contributed by atoms with Gasteiger partial charge in [-0.1, -0.05) is 23.7 Å². The maximum absolute atomic E-state index is 13.3. The zero-order valence-corrected chi connectivity index (χ0v) is 8.85. The third-order valence-corrected chi connectivity index (χ3v) is 2.24. The Labute approximate surface area is 87.8 Å². The molecule has 0 heterocycles. The molecule has 0 saturated carbocycles. The van der Waals surface area contributed by atoms with Gasteiger partial charge >= 0.3 is 0 Å². The van der Waals surface area contributed by atoms with Crippen LogP contribution in [0.25, 0.3) is 6.08 Å². The molecule has 0 aliphatic heterocycles. The predicted octanol–water partition coefficient (Wildman–Crippen LogP) is 3.26. The van der Waals surface area contributed by atoms with E-state index < -0.39 is 6.10 Å². The van der Waals surface area contributed by atoms with Crippen LogP contribution in [0.4, 0.5) is 4.39 Å². The molecule has 1 nitrogen and oxygen atoms in total. The molecule has 1 atom stereocenters. The number of hydrogen-bond donors (Lipinski definition) is 1. The fourth-order valence-electron chi connectivity index (χ4n) is 0.984. The molecular formula is C11H12ClFO. The molecule has 0 saturated heterocycles. The van der Waals surface area contributed by atoms with Crippen molar-refractivity contribution in [2.45, 2.75) is 20.0 Å². The summed E-state index contributed by atoms with van der Waals surface area (Å²) in [5.74, 6) is -0.377. The third kappa shape index (κ3) is 2.82. The topological polar surface area (TPSA) is 20.2 Å². The van der Waals surface area contributed by atoms with E-state index in [9.17, 15) is 9.50 Å². The smallest absolute Gasteiger partial charge is 0.131 e. The van der Waals surface area contributed by atoms with E-state index >= 15 is 0 Å². The van der Waals surface area contributed by atoms with Gasteiger partial charge in [0.05, 0.1) is 6.10 Å². The minimum atomic E-state index is -0.565. The van der Waals surface area contributed by atoms with Gasteiger partial charge in [0.1, 0.15) is 5.82 Å². The van der Waals surface area contributed by atoms with Crippen molar-refractivity contribution in [2.75, 3.05) is 0 Å². The van der Waals surface area contributed by atoms with Crippen molar-refractivity contribution in [3.63, 3.8) is 0 Å². The standard InChI is InChI=1S/C11H12ClFO/c1-7(8(2)14)5-9-3-4-10(12)6-11(9)13/h3-6,8,14H,1-2H3/b7-5+. The van der Waals surface area contributed by atoms with Gasteiger partial charge in [-0.15, -0.1) is 0 Å². The molecule has 1 aromatic rings. The van der Waals surface area contributed by atoms with Crippen LogP contribution in [0.15, 0.2) is 23.8 Å². The van der Waals surface area contributed by atoms with Gasteiger partial charge in [0.25, 0.3) is 0 Å². The molecule has 14 heavy (non-hydrogen) atoms. The van der Waals surface area contributed by atoms with E-state index in [0.717, 1.165) is 0 Å². The molecule has 0 spiro atoms. The number of aliphatic hydroxyl groups excluding tert-OH is 1. The molecule has 1 rings (SSSR count). The lowest BCUT2D eigenvalue weighted by Crippen LogP contribution is -2.00. The molecule has 0 aliphatic carbocycles. The molecule has 0 aromatic heterocycles. The highest BCUT2D eigenvalue weighted by molar-refractivity contribution is 6.30. The van der Waals surface area contributed by atoms with Crippen LogP contribution in [-0.2, 0) is 0 Å². The number of hydrogen-bond acceptors (Lipinski definition) is 1. The van der Waals surface area contributed by atoms with Crippen molar-refractivity contribution in [1.29, 1.82) is 0 Å². The molecule has 1 aromatic carbocycles. The Morgan fingerprint density at radius 2 is 2.21 bits per heavy atom.